The second kappa shape index (κ2) is 7.18. The summed E-state index contributed by atoms with van der Waals surface area (Å²) >= 11 is 0. The van der Waals surface area contributed by atoms with E-state index in [4.69, 9.17) is 14.0 Å². The largest absolute Gasteiger partial charge is 0.459 e. The molecule has 2 N–H and O–H groups in total. The molecule has 2 aliphatic carbocycles. The van der Waals surface area contributed by atoms with Crippen LogP contribution < -0.4 is 0 Å². The summed E-state index contributed by atoms with van der Waals surface area (Å²) < 4.78 is 125. The number of hydrogen-bond donors (Lipinski definition) is 2. The van der Waals surface area contributed by atoms with Gasteiger partial charge in [0.1, 0.15) is 18.0 Å². The number of alkyl halides is 6. The first kappa shape index (κ1) is 24.0. The van der Waals surface area contributed by atoms with Crippen LogP contribution in [0.3, 0.4) is 0 Å². The molecule has 0 aromatic heterocycles. The fourth-order valence-electron chi connectivity index (χ4n) is 4.81. The molecule has 1 aliphatic heterocycles. The van der Waals surface area contributed by atoms with Crippen LogP contribution >= 0.6 is 0 Å². The Kier molecular flexibility index (Phi) is 5.56. The standard InChI is InChI=1S/C15H16F6O9S/c1-4(22)28-9-6-2-5-7(11(23)29-10(5)9)8(6)12(24)30-13(14(16,17)18,15(19,20)21)3-31(25,26)27/h5-11,23H,2-3H2,1H3,(H,25,26,27). The first-order chi connectivity index (χ1) is 13.9. The second-order valence-electron chi connectivity index (χ2n) is 7.70. The van der Waals surface area contributed by atoms with Crippen molar-refractivity contribution in [1.82, 2.24) is 0 Å². The Morgan fingerprint density at radius 1 is 1.10 bits per heavy atom. The van der Waals surface area contributed by atoms with Gasteiger partial charge in [0, 0.05) is 18.8 Å². The van der Waals surface area contributed by atoms with Crippen LogP contribution in [0, 0.1) is 23.7 Å². The number of halogens is 6. The maximum Gasteiger partial charge on any atom is 0.438 e. The van der Waals surface area contributed by atoms with E-state index in [-0.39, 0.29) is 6.42 Å². The number of carbonyl (C=O) groups is 2. The zero-order valence-electron chi connectivity index (χ0n) is 15.4. The van der Waals surface area contributed by atoms with Crippen LogP contribution in [-0.4, -0.2) is 72.2 Å². The zero-order chi connectivity index (χ0) is 23.7. The van der Waals surface area contributed by atoms with Crippen LogP contribution in [-0.2, 0) is 33.9 Å². The highest BCUT2D eigenvalue weighted by Crippen LogP contribution is 2.61. The molecule has 2 saturated carbocycles. The lowest BCUT2D eigenvalue weighted by Crippen LogP contribution is -2.64. The van der Waals surface area contributed by atoms with Crippen molar-refractivity contribution in [3.63, 3.8) is 0 Å². The van der Waals surface area contributed by atoms with Gasteiger partial charge in [-0.05, 0) is 12.3 Å². The molecule has 9 nitrogen and oxygen atoms in total. The Bertz CT molecular complexity index is 855. The monoisotopic (exact) mass is 486 g/mol. The van der Waals surface area contributed by atoms with Crippen molar-refractivity contribution in [3.8, 4) is 0 Å². The van der Waals surface area contributed by atoms with Gasteiger partial charge in [-0.1, -0.05) is 0 Å². The first-order valence-electron chi connectivity index (χ1n) is 8.72. The second-order valence-corrected chi connectivity index (χ2v) is 9.15. The minimum absolute atomic E-state index is 0.0204. The minimum Gasteiger partial charge on any atom is -0.459 e. The lowest BCUT2D eigenvalue weighted by atomic mass is 9.78. The number of ether oxygens (including phenoxy) is 3. The number of carbonyl (C=O) groups excluding carboxylic acids is 2. The molecule has 3 fully saturated rings. The third kappa shape index (κ3) is 3.87. The first-order valence-corrected chi connectivity index (χ1v) is 10.3. The smallest absolute Gasteiger partial charge is 0.438 e. The van der Waals surface area contributed by atoms with Crippen molar-refractivity contribution >= 4 is 22.1 Å². The molecule has 0 aromatic rings. The van der Waals surface area contributed by atoms with Crippen molar-refractivity contribution in [2.75, 3.05) is 5.75 Å². The Balaban J connectivity index is 1.99. The lowest BCUT2D eigenvalue weighted by Gasteiger charge is -2.38. The summed E-state index contributed by atoms with van der Waals surface area (Å²) in [5.74, 6) is -10.9. The van der Waals surface area contributed by atoms with Crippen LogP contribution in [0.1, 0.15) is 13.3 Å². The summed E-state index contributed by atoms with van der Waals surface area (Å²) in [6, 6.07) is 0. The Labute approximate surface area is 170 Å². The molecule has 31 heavy (non-hydrogen) atoms. The summed E-state index contributed by atoms with van der Waals surface area (Å²) in [6.45, 7) is 0.979. The Hall–Kier alpha value is -1.65. The number of aliphatic hydroxyl groups excluding tert-OH is 1. The van der Waals surface area contributed by atoms with E-state index in [1.54, 1.807) is 0 Å². The molecule has 1 saturated heterocycles. The quantitative estimate of drug-likeness (QED) is 0.329. The van der Waals surface area contributed by atoms with E-state index in [0.717, 1.165) is 6.92 Å². The molecule has 0 aromatic carbocycles. The number of rotatable bonds is 5. The highest BCUT2D eigenvalue weighted by molar-refractivity contribution is 7.85. The normalized spacial score (nSPS) is 35.3. The number of esters is 2. The highest BCUT2D eigenvalue weighted by atomic mass is 32.2. The van der Waals surface area contributed by atoms with Gasteiger partial charge in [0.15, 0.2) is 6.29 Å². The van der Waals surface area contributed by atoms with Crippen molar-refractivity contribution in [1.29, 1.82) is 0 Å². The van der Waals surface area contributed by atoms with Gasteiger partial charge in [0.25, 0.3) is 10.1 Å². The van der Waals surface area contributed by atoms with Crippen LogP contribution in [0.5, 0.6) is 0 Å². The van der Waals surface area contributed by atoms with Gasteiger partial charge in [-0.15, -0.1) is 0 Å². The average molecular weight is 486 g/mol. The molecular weight excluding hydrogens is 470 g/mol. The van der Waals surface area contributed by atoms with Crippen LogP contribution in [0.25, 0.3) is 0 Å². The van der Waals surface area contributed by atoms with Gasteiger partial charge in [0.05, 0.1) is 5.92 Å². The molecule has 1 heterocycles. The van der Waals surface area contributed by atoms with Gasteiger partial charge >= 0.3 is 29.9 Å². The Morgan fingerprint density at radius 2 is 1.65 bits per heavy atom. The molecule has 0 amide bonds. The van der Waals surface area contributed by atoms with E-state index in [1.807, 2.05) is 0 Å². The van der Waals surface area contributed by atoms with Crippen molar-refractivity contribution in [3.05, 3.63) is 0 Å². The number of aliphatic hydroxyl groups is 1. The fraction of sp³-hybridized carbons (Fsp3) is 0.867. The maximum absolute atomic E-state index is 13.4. The minimum atomic E-state index is -6.48. The van der Waals surface area contributed by atoms with E-state index in [1.165, 1.54) is 0 Å². The van der Waals surface area contributed by atoms with Gasteiger partial charge in [-0.25, -0.2) is 0 Å². The van der Waals surface area contributed by atoms with Gasteiger partial charge in [-0.3, -0.25) is 14.1 Å². The van der Waals surface area contributed by atoms with Crippen molar-refractivity contribution < 1.29 is 68.2 Å². The van der Waals surface area contributed by atoms with Gasteiger partial charge in [0.2, 0.25) is 0 Å². The summed E-state index contributed by atoms with van der Waals surface area (Å²) in [6.07, 6.45) is -16.9. The summed E-state index contributed by atoms with van der Waals surface area (Å²) in [5.41, 5.74) is -5.56. The number of hydrogen-bond acceptors (Lipinski definition) is 8. The van der Waals surface area contributed by atoms with Crippen molar-refractivity contribution in [2.45, 2.75) is 49.8 Å². The molecule has 0 spiro atoms. The van der Waals surface area contributed by atoms with Crippen molar-refractivity contribution in [2.24, 2.45) is 23.7 Å². The molecular formula is C15H16F6O9S. The fourth-order valence-corrected chi connectivity index (χ4v) is 5.71. The lowest BCUT2D eigenvalue weighted by molar-refractivity contribution is -0.362. The topological polar surface area (TPSA) is 136 Å². The average Bonchev–Trinajstić information content (AvgIpc) is 3.13. The molecule has 178 valence electrons. The molecule has 3 rings (SSSR count). The van der Waals surface area contributed by atoms with E-state index in [9.17, 15) is 49.5 Å². The third-order valence-electron chi connectivity index (χ3n) is 5.86. The summed E-state index contributed by atoms with van der Waals surface area (Å²) in [5, 5.41) is 10.0. The summed E-state index contributed by atoms with van der Waals surface area (Å²) in [7, 11) is -5.94. The SMILES string of the molecule is CC(=O)OC1C2CC3C1OC(O)C3C2C(=O)OC(CS(=O)(=O)O)(C(F)(F)F)C(F)(F)F. The molecule has 3 aliphatic rings. The zero-order valence-corrected chi connectivity index (χ0v) is 16.2. The molecule has 7 atom stereocenters. The van der Waals surface area contributed by atoms with E-state index in [0.29, 0.717) is 0 Å². The van der Waals surface area contributed by atoms with E-state index < -0.39 is 87.9 Å². The van der Waals surface area contributed by atoms with Crippen LogP contribution in [0.15, 0.2) is 0 Å². The van der Waals surface area contributed by atoms with Gasteiger partial charge < -0.3 is 19.3 Å². The van der Waals surface area contributed by atoms with E-state index >= 15 is 0 Å². The van der Waals surface area contributed by atoms with Crippen LogP contribution in [0.4, 0.5) is 26.3 Å². The predicted octanol–water partition coefficient (Wildman–Crippen LogP) is 0.812. The highest BCUT2D eigenvalue weighted by Gasteiger charge is 2.77. The third-order valence-corrected chi connectivity index (χ3v) is 6.63. The number of fused-ring (bicyclic) bond motifs is 1. The molecule has 0 radical (unpaired) electrons. The summed E-state index contributed by atoms with van der Waals surface area (Å²) in [4.78, 5) is 23.9. The molecule has 7 unspecified atom stereocenters. The van der Waals surface area contributed by atoms with E-state index in [2.05, 4.69) is 4.74 Å². The maximum atomic E-state index is 13.4. The Morgan fingerprint density at radius 3 is 2.10 bits per heavy atom. The predicted molar refractivity (Wildman–Crippen MR) is 82.4 cm³/mol. The molecule has 16 heteroatoms. The van der Waals surface area contributed by atoms with Gasteiger partial charge in [-0.2, -0.15) is 34.8 Å². The molecule has 2 bridgehead atoms. The van der Waals surface area contributed by atoms with Crippen LogP contribution in [0.2, 0.25) is 0 Å².